The van der Waals surface area contributed by atoms with E-state index in [-0.39, 0.29) is 47.3 Å². The van der Waals surface area contributed by atoms with Gasteiger partial charge in [-0.3, -0.25) is 19.0 Å². The lowest BCUT2D eigenvalue weighted by molar-refractivity contribution is -0.117. The molecule has 4 rings (SSSR count). The number of carbonyl (C=O) groups is 2. The van der Waals surface area contributed by atoms with Crippen molar-refractivity contribution in [3.63, 3.8) is 0 Å². The van der Waals surface area contributed by atoms with Gasteiger partial charge < -0.3 is 10.6 Å². The topological polar surface area (TPSA) is 120 Å². The fourth-order valence-electron chi connectivity index (χ4n) is 3.84. The van der Waals surface area contributed by atoms with Gasteiger partial charge in [-0.05, 0) is 50.6 Å². The number of hydrogen-bond donors (Lipinski definition) is 2. The van der Waals surface area contributed by atoms with Gasteiger partial charge in [0.15, 0.2) is 0 Å². The van der Waals surface area contributed by atoms with Crippen LogP contribution in [0.3, 0.4) is 0 Å². The fraction of sp³-hybridized carbons (Fsp3) is 0.269. The summed E-state index contributed by atoms with van der Waals surface area (Å²) in [6, 6.07) is 11.8. The van der Waals surface area contributed by atoms with Gasteiger partial charge in [-0.25, -0.2) is 13.9 Å². The fourth-order valence-corrected chi connectivity index (χ4v) is 3.84. The van der Waals surface area contributed by atoms with Crippen molar-refractivity contribution in [3.8, 4) is 0 Å². The van der Waals surface area contributed by atoms with Crippen LogP contribution < -0.4 is 21.9 Å². The molecule has 36 heavy (non-hydrogen) atoms. The van der Waals surface area contributed by atoms with Gasteiger partial charge in [0.1, 0.15) is 6.54 Å². The quantitative estimate of drug-likeness (QED) is 0.369. The number of rotatable bonds is 8. The summed E-state index contributed by atoms with van der Waals surface area (Å²) in [5, 5.41) is 10.2. The number of aryl methyl sites for hydroxylation is 1. The van der Waals surface area contributed by atoms with E-state index in [1.165, 1.54) is 27.2 Å². The number of fused-ring (bicyclic) bond motifs is 3. The summed E-state index contributed by atoms with van der Waals surface area (Å²) in [6.45, 7) is 9.23. The van der Waals surface area contributed by atoms with E-state index in [4.69, 9.17) is 0 Å². The second kappa shape index (κ2) is 10.0. The number of hydrogen-bond acceptors (Lipinski definition) is 5. The van der Waals surface area contributed by atoms with Crippen molar-refractivity contribution in [1.29, 1.82) is 0 Å². The second-order valence-electron chi connectivity index (χ2n) is 8.71. The monoisotopic (exact) mass is 488 g/mol. The van der Waals surface area contributed by atoms with Crippen LogP contribution in [-0.2, 0) is 17.9 Å². The molecule has 0 saturated carbocycles. The van der Waals surface area contributed by atoms with E-state index in [1.807, 2.05) is 32.9 Å². The van der Waals surface area contributed by atoms with Crippen LogP contribution in [0.15, 0.2) is 64.7 Å². The van der Waals surface area contributed by atoms with Crippen molar-refractivity contribution in [2.24, 2.45) is 0 Å². The zero-order valence-electron chi connectivity index (χ0n) is 20.4. The van der Waals surface area contributed by atoms with Crippen LogP contribution in [0.25, 0.3) is 16.7 Å². The number of aromatic nitrogens is 4. The van der Waals surface area contributed by atoms with E-state index >= 15 is 0 Å². The summed E-state index contributed by atoms with van der Waals surface area (Å²) in [5.74, 6) is -0.701. The van der Waals surface area contributed by atoms with Gasteiger partial charge in [0, 0.05) is 23.8 Å². The Balaban J connectivity index is 1.82. The summed E-state index contributed by atoms with van der Waals surface area (Å²) in [5.41, 5.74) is 1.20. The van der Waals surface area contributed by atoms with Crippen LogP contribution in [-0.4, -0.2) is 36.6 Å². The first-order valence-electron chi connectivity index (χ1n) is 11.7. The predicted octanol–water partition coefficient (Wildman–Crippen LogP) is 2.47. The lowest BCUT2D eigenvalue weighted by atomic mass is 10.1. The molecule has 2 N–H and O–H groups in total. The van der Waals surface area contributed by atoms with Crippen LogP contribution in [0.5, 0.6) is 0 Å². The van der Waals surface area contributed by atoms with E-state index in [2.05, 4.69) is 22.3 Å². The lowest BCUT2D eigenvalue weighted by Crippen LogP contribution is -2.32. The molecule has 0 saturated heterocycles. The molecule has 1 unspecified atom stereocenters. The Bertz CT molecular complexity index is 1590. The second-order valence-corrected chi connectivity index (χ2v) is 8.71. The van der Waals surface area contributed by atoms with Crippen LogP contribution in [0.1, 0.15) is 36.2 Å². The minimum Gasteiger partial charge on any atom is -0.350 e. The molecule has 4 aromatic rings. The van der Waals surface area contributed by atoms with Crippen LogP contribution in [0, 0.1) is 6.92 Å². The van der Waals surface area contributed by atoms with E-state index in [1.54, 1.807) is 18.2 Å². The Hall–Kier alpha value is -4.47. The average Bonchev–Trinajstić information content (AvgIpc) is 3.18. The van der Waals surface area contributed by atoms with Gasteiger partial charge in [0.2, 0.25) is 11.7 Å². The first-order chi connectivity index (χ1) is 17.2. The number of allylic oxidation sites excluding steroid dienone is 1. The third kappa shape index (κ3) is 4.70. The van der Waals surface area contributed by atoms with E-state index in [0.717, 1.165) is 16.7 Å². The minimum atomic E-state index is -0.605. The smallest absolute Gasteiger partial charge is 0.350 e. The van der Waals surface area contributed by atoms with Gasteiger partial charge in [0.25, 0.3) is 11.5 Å². The zero-order chi connectivity index (χ0) is 26.0. The van der Waals surface area contributed by atoms with Crippen LogP contribution >= 0.6 is 0 Å². The molecule has 0 radical (unpaired) electrons. The molecule has 0 aliphatic heterocycles. The maximum atomic E-state index is 13.4. The normalized spacial score (nSPS) is 12.0. The molecule has 0 spiro atoms. The van der Waals surface area contributed by atoms with Crippen molar-refractivity contribution in [2.45, 2.75) is 46.3 Å². The van der Waals surface area contributed by atoms with Gasteiger partial charge in [0.05, 0.1) is 10.9 Å². The molecule has 0 aliphatic carbocycles. The number of anilines is 1. The number of amides is 2. The standard InChI is InChI=1S/C26H28N6O4/c1-5-13-30-24(35)20-12-9-18(23(34)27-17(4)6-2)14-21(20)32-25(30)29-31(26(32)36)15-22(33)28-19-10-7-16(3)8-11-19/h5,7-12,14,17H,1,6,13,15H2,2-4H3,(H,27,34)(H,28,33). The van der Waals surface area contributed by atoms with Crippen LogP contribution in [0.2, 0.25) is 0 Å². The summed E-state index contributed by atoms with van der Waals surface area (Å²) in [6.07, 6.45) is 2.28. The van der Waals surface area contributed by atoms with Crippen molar-refractivity contribution in [2.75, 3.05) is 5.32 Å². The van der Waals surface area contributed by atoms with E-state index < -0.39 is 11.6 Å². The molecule has 10 nitrogen and oxygen atoms in total. The molecule has 0 bridgehead atoms. The Morgan fingerprint density at radius 3 is 2.53 bits per heavy atom. The van der Waals surface area contributed by atoms with Crippen LogP contribution in [0.4, 0.5) is 5.69 Å². The molecular weight excluding hydrogens is 460 g/mol. The summed E-state index contributed by atoms with van der Waals surface area (Å²) >= 11 is 0. The third-order valence-corrected chi connectivity index (χ3v) is 5.97. The molecular formula is C26H28N6O4. The summed E-state index contributed by atoms with van der Waals surface area (Å²) in [4.78, 5) is 52.0. The molecule has 2 aromatic carbocycles. The number of benzene rings is 2. The van der Waals surface area contributed by atoms with Crippen molar-refractivity contribution in [1.82, 2.24) is 24.1 Å². The first-order valence-corrected chi connectivity index (χ1v) is 11.7. The molecule has 1 atom stereocenters. The minimum absolute atomic E-state index is 0.0358. The highest BCUT2D eigenvalue weighted by atomic mass is 16.2. The highest BCUT2D eigenvalue weighted by molar-refractivity contribution is 5.98. The molecule has 2 heterocycles. The van der Waals surface area contributed by atoms with Gasteiger partial charge in [-0.2, -0.15) is 0 Å². The van der Waals surface area contributed by atoms with Gasteiger partial charge in [-0.15, -0.1) is 11.7 Å². The number of carbonyl (C=O) groups excluding carboxylic acids is 2. The summed E-state index contributed by atoms with van der Waals surface area (Å²) in [7, 11) is 0. The Labute approximate surface area is 206 Å². The van der Waals surface area contributed by atoms with Crippen molar-refractivity contribution >= 4 is 34.2 Å². The zero-order valence-corrected chi connectivity index (χ0v) is 20.4. The maximum absolute atomic E-state index is 13.4. The molecule has 10 heteroatoms. The Morgan fingerprint density at radius 2 is 1.86 bits per heavy atom. The van der Waals surface area contributed by atoms with E-state index in [9.17, 15) is 19.2 Å². The maximum Gasteiger partial charge on any atom is 0.352 e. The molecule has 0 fully saturated rings. The lowest BCUT2D eigenvalue weighted by Gasteiger charge is -2.12. The van der Waals surface area contributed by atoms with Gasteiger partial charge >= 0.3 is 5.69 Å². The molecule has 186 valence electrons. The first kappa shape index (κ1) is 24.6. The molecule has 2 aromatic heterocycles. The SMILES string of the molecule is C=CCn1c(=O)c2ccc(C(=O)NC(C)CC)cc2n2c(=O)n(CC(=O)Nc3ccc(C)cc3)nc12. The largest absolute Gasteiger partial charge is 0.352 e. The Kier molecular flexibility index (Phi) is 6.86. The molecule has 0 aliphatic rings. The van der Waals surface area contributed by atoms with Gasteiger partial charge in [-0.1, -0.05) is 30.7 Å². The third-order valence-electron chi connectivity index (χ3n) is 5.97. The number of nitrogens with zero attached hydrogens (tertiary/aromatic N) is 4. The predicted molar refractivity (Wildman–Crippen MR) is 138 cm³/mol. The average molecular weight is 489 g/mol. The number of nitrogens with one attached hydrogen (secondary N) is 2. The highest BCUT2D eigenvalue weighted by Crippen LogP contribution is 2.15. The van der Waals surface area contributed by atoms with Crippen molar-refractivity contribution in [3.05, 3.63) is 87.1 Å². The Morgan fingerprint density at radius 1 is 1.14 bits per heavy atom. The summed E-state index contributed by atoms with van der Waals surface area (Å²) < 4.78 is 3.56. The molecule has 2 amide bonds. The van der Waals surface area contributed by atoms with E-state index in [0.29, 0.717) is 11.3 Å². The van der Waals surface area contributed by atoms with Crippen molar-refractivity contribution < 1.29 is 9.59 Å². The highest BCUT2D eigenvalue weighted by Gasteiger charge is 2.20.